The number of carbonyl (C=O) groups excluding carboxylic acids is 2. The van der Waals surface area contributed by atoms with Crippen LogP contribution in [0.5, 0.6) is 0 Å². The average molecular weight is 321 g/mol. The summed E-state index contributed by atoms with van der Waals surface area (Å²) in [6.07, 6.45) is 0.746. The number of nitrogens with one attached hydrogen (secondary N) is 2. The van der Waals surface area contributed by atoms with E-state index in [0.29, 0.717) is 31.5 Å². The van der Waals surface area contributed by atoms with E-state index in [0.717, 1.165) is 0 Å². The van der Waals surface area contributed by atoms with Crippen LogP contribution in [0.2, 0.25) is 0 Å². The summed E-state index contributed by atoms with van der Waals surface area (Å²) < 4.78 is 13.5. The zero-order valence-corrected chi connectivity index (χ0v) is 13.9. The minimum atomic E-state index is -0.324. The third-order valence-corrected chi connectivity index (χ3v) is 3.91. The lowest BCUT2D eigenvalue weighted by atomic mass is 10.1. The van der Waals surface area contributed by atoms with Crippen molar-refractivity contribution in [2.24, 2.45) is 0 Å². The number of nitrogens with zero attached hydrogens (tertiary/aromatic N) is 1. The molecule has 1 aliphatic heterocycles. The van der Waals surface area contributed by atoms with Crippen molar-refractivity contribution in [3.05, 3.63) is 35.6 Å². The third-order valence-electron chi connectivity index (χ3n) is 3.91. The summed E-state index contributed by atoms with van der Waals surface area (Å²) >= 11 is 0. The van der Waals surface area contributed by atoms with Crippen molar-refractivity contribution in [3.8, 4) is 0 Å². The molecule has 1 aromatic carbocycles. The van der Waals surface area contributed by atoms with Gasteiger partial charge in [-0.3, -0.25) is 4.79 Å². The van der Waals surface area contributed by atoms with Gasteiger partial charge in [0.2, 0.25) is 5.91 Å². The first-order valence-electron chi connectivity index (χ1n) is 7.85. The molecule has 1 aliphatic rings. The number of hydrogen-bond donors (Lipinski definition) is 2. The van der Waals surface area contributed by atoms with E-state index in [1.165, 1.54) is 6.07 Å². The number of halogens is 1. The van der Waals surface area contributed by atoms with E-state index in [1.54, 1.807) is 23.1 Å². The average Bonchev–Trinajstić information content (AvgIpc) is 2.81. The number of urea groups is 1. The van der Waals surface area contributed by atoms with Crippen LogP contribution in [-0.2, 0) is 11.2 Å². The van der Waals surface area contributed by atoms with Gasteiger partial charge >= 0.3 is 6.03 Å². The first-order chi connectivity index (χ1) is 10.8. The maximum absolute atomic E-state index is 13.5. The summed E-state index contributed by atoms with van der Waals surface area (Å²) in [7, 11) is 0. The molecule has 0 bridgehead atoms. The molecular formula is C17H24FN3O2. The summed E-state index contributed by atoms with van der Waals surface area (Å²) in [4.78, 5) is 25.6. The second kappa shape index (κ2) is 6.98. The summed E-state index contributed by atoms with van der Waals surface area (Å²) in [6, 6.07) is 6.00. The normalized spacial score (nSPS) is 18.2. The van der Waals surface area contributed by atoms with Crippen LogP contribution in [0, 0.1) is 5.82 Å². The van der Waals surface area contributed by atoms with Gasteiger partial charge in [0.05, 0.1) is 6.04 Å². The molecule has 0 aliphatic carbocycles. The van der Waals surface area contributed by atoms with E-state index in [4.69, 9.17) is 0 Å². The van der Waals surface area contributed by atoms with Crippen LogP contribution in [0.1, 0.15) is 32.8 Å². The number of benzene rings is 1. The van der Waals surface area contributed by atoms with E-state index in [2.05, 4.69) is 10.6 Å². The Morgan fingerprint density at radius 3 is 2.65 bits per heavy atom. The van der Waals surface area contributed by atoms with Gasteiger partial charge in [0.1, 0.15) is 5.82 Å². The monoisotopic (exact) mass is 321 g/mol. The Morgan fingerprint density at radius 2 is 2.04 bits per heavy atom. The minimum Gasteiger partial charge on any atom is -0.338 e. The van der Waals surface area contributed by atoms with Gasteiger partial charge in [-0.25, -0.2) is 9.18 Å². The molecule has 0 spiro atoms. The molecule has 5 nitrogen and oxygen atoms in total. The molecule has 3 amide bonds. The van der Waals surface area contributed by atoms with E-state index in [9.17, 15) is 14.0 Å². The number of carbonyl (C=O) groups is 2. The summed E-state index contributed by atoms with van der Waals surface area (Å²) in [5, 5.41) is 5.51. The molecule has 23 heavy (non-hydrogen) atoms. The Labute approximate surface area is 136 Å². The van der Waals surface area contributed by atoms with Gasteiger partial charge in [-0.2, -0.15) is 0 Å². The standard InChI is InChI=1S/C17H24FN3O2/c1-17(2,3)21-11-13(10-15(21)22)20-16(23)19-9-8-12-6-4-5-7-14(12)18/h4-7,13H,8-11H2,1-3H3,(H2,19,20,23). The highest BCUT2D eigenvalue weighted by molar-refractivity contribution is 5.82. The smallest absolute Gasteiger partial charge is 0.315 e. The maximum Gasteiger partial charge on any atom is 0.315 e. The van der Waals surface area contributed by atoms with Gasteiger partial charge in [-0.15, -0.1) is 0 Å². The van der Waals surface area contributed by atoms with Crippen LogP contribution in [-0.4, -0.2) is 41.5 Å². The quantitative estimate of drug-likeness (QED) is 0.892. The minimum absolute atomic E-state index is 0.0501. The lowest BCUT2D eigenvalue weighted by molar-refractivity contribution is -0.131. The first-order valence-corrected chi connectivity index (χ1v) is 7.85. The van der Waals surface area contributed by atoms with Gasteiger partial charge in [-0.1, -0.05) is 18.2 Å². The highest BCUT2D eigenvalue weighted by atomic mass is 19.1. The van der Waals surface area contributed by atoms with Crippen molar-refractivity contribution in [1.29, 1.82) is 0 Å². The number of hydrogen-bond acceptors (Lipinski definition) is 2. The molecule has 1 unspecified atom stereocenters. The predicted octanol–water partition coefficient (Wildman–Crippen LogP) is 2.07. The van der Waals surface area contributed by atoms with Crippen molar-refractivity contribution in [3.63, 3.8) is 0 Å². The van der Waals surface area contributed by atoms with Crippen molar-refractivity contribution >= 4 is 11.9 Å². The SMILES string of the molecule is CC(C)(C)N1CC(NC(=O)NCCc2ccccc2F)CC1=O. The molecule has 126 valence electrons. The fraction of sp³-hybridized carbons (Fsp3) is 0.529. The van der Waals surface area contributed by atoms with E-state index >= 15 is 0 Å². The lowest BCUT2D eigenvalue weighted by Gasteiger charge is -2.32. The van der Waals surface area contributed by atoms with Crippen LogP contribution in [0.3, 0.4) is 0 Å². The number of amides is 3. The largest absolute Gasteiger partial charge is 0.338 e. The topological polar surface area (TPSA) is 61.4 Å². The molecule has 1 aromatic rings. The van der Waals surface area contributed by atoms with Gasteiger partial charge in [-0.05, 0) is 38.8 Å². The van der Waals surface area contributed by atoms with Gasteiger partial charge in [0.15, 0.2) is 0 Å². The number of likely N-dealkylation sites (tertiary alicyclic amines) is 1. The van der Waals surface area contributed by atoms with Crippen LogP contribution < -0.4 is 10.6 Å². The van der Waals surface area contributed by atoms with Crippen molar-refractivity contribution in [2.75, 3.05) is 13.1 Å². The maximum atomic E-state index is 13.5. The molecule has 1 heterocycles. The van der Waals surface area contributed by atoms with Crippen LogP contribution in [0.25, 0.3) is 0 Å². The summed E-state index contributed by atoms with van der Waals surface area (Å²) in [5.74, 6) is -0.217. The first kappa shape index (κ1) is 17.2. The van der Waals surface area contributed by atoms with Crippen LogP contribution in [0.4, 0.5) is 9.18 Å². The Bertz CT molecular complexity index is 583. The van der Waals surface area contributed by atoms with E-state index in [1.807, 2.05) is 20.8 Å². The molecule has 0 aromatic heterocycles. The fourth-order valence-corrected chi connectivity index (χ4v) is 2.70. The summed E-state index contributed by atoms with van der Waals surface area (Å²) in [6.45, 7) is 6.78. The van der Waals surface area contributed by atoms with Gasteiger partial charge in [0, 0.05) is 25.0 Å². The Kier molecular flexibility index (Phi) is 5.23. The Balaban J connectivity index is 1.76. The highest BCUT2D eigenvalue weighted by Gasteiger charge is 2.36. The molecule has 0 saturated carbocycles. The number of rotatable bonds is 4. The second-order valence-corrected chi connectivity index (χ2v) is 6.82. The van der Waals surface area contributed by atoms with E-state index < -0.39 is 0 Å². The molecule has 1 fully saturated rings. The van der Waals surface area contributed by atoms with Gasteiger partial charge < -0.3 is 15.5 Å². The molecule has 1 atom stereocenters. The molecular weight excluding hydrogens is 297 g/mol. The third kappa shape index (κ3) is 4.68. The predicted molar refractivity (Wildman–Crippen MR) is 86.5 cm³/mol. The zero-order chi connectivity index (χ0) is 17.0. The lowest BCUT2D eigenvalue weighted by Crippen LogP contribution is -2.46. The molecule has 2 rings (SSSR count). The molecule has 6 heteroatoms. The molecule has 1 saturated heterocycles. The summed E-state index contributed by atoms with van der Waals surface area (Å²) in [5.41, 5.74) is 0.331. The Hall–Kier alpha value is -2.11. The van der Waals surface area contributed by atoms with Gasteiger partial charge in [0.25, 0.3) is 0 Å². The highest BCUT2D eigenvalue weighted by Crippen LogP contribution is 2.21. The zero-order valence-electron chi connectivity index (χ0n) is 13.9. The Morgan fingerprint density at radius 1 is 1.35 bits per heavy atom. The van der Waals surface area contributed by atoms with Crippen molar-refractivity contribution in [1.82, 2.24) is 15.5 Å². The molecule has 2 N–H and O–H groups in total. The van der Waals surface area contributed by atoms with E-state index in [-0.39, 0.29) is 29.3 Å². The van der Waals surface area contributed by atoms with Crippen LogP contribution >= 0.6 is 0 Å². The van der Waals surface area contributed by atoms with Crippen molar-refractivity contribution in [2.45, 2.75) is 45.2 Å². The second-order valence-electron chi connectivity index (χ2n) is 6.82. The molecule has 0 radical (unpaired) electrons. The van der Waals surface area contributed by atoms with Crippen LogP contribution in [0.15, 0.2) is 24.3 Å². The fourth-order valence-electron chi connectivity index (χ4n) is 2.70. The van der Waals surface area contributed by atoms with Crippen molar-refractivity contribution < 1.29 is 14.0 Å².